The maximum absolute atomic E-state index is 10.9. The highest BCUT2D eigenvalue weighted by Crippen LogP contribution is 2.18. The number of rotatable bonds is 8. The van der Waals surface area contributed by atoms with Crippen molar-refractivity contribution in [2.24, 2.45) is 0 Å². The molecule has 166 valence electrons. The summed E-state index contributed by atoms with van der Waals surface area (Å²) in [4.78, 5) is 21.7. The largest absolute Gasteiger partial charge is 0.298 e. The first kappa shape index (κ1) is 21.1. The van der Waals surface area contributed by atoms with Gasteiger partial charge in [0.05, 0.1) is 35.2 Å². The van der Waals surface area contributed by atoms with Crippen LogP contribution in [0.3, 0.4) is 0 Å². The molecular formula is C26H20N6O2. The Morgan fingerprint density at radius 1 is 0.588 bits per heavy atom. The molecule has 8 nitrogen and oxygen atoms in total. The molecule has 0 amide bonds. The number of nitrogens with zero attached hydrogens (tertiary/aromatic N) is 6. The molecule has 0 spiro atoms. The van der Waals surface area contributed by atoms with Gasteiger partial charge in [0.1, 0.15) is 12.6 Å². The van der Waals surface area contributed by atoms with Crippen LogP contribution in [0, 0.1) is 0 Å². The van der Waals surface area contributed by atoms with Gasteiger partial charge in [0.25, 0.3) is 0 Å². The van der Waals surface area contributed by atoms with Crippen LogP contribution in [0.1, 0.15) is 43.2 Å². The van der Waals surface area contributed by atoms with Gasteiger partial charge in [-0.1, -0.05) is 34.7 Å². The summed E-state index contributed by atoms with van der Waals surface area (Å²) in [6, 6.07) is 22.5. The van der Waals surface area contributed by atoms with Crippen molar-refractivity contribution in [1.82, 2.24) is 30.0 Å². The van der Waals surface area contributed by atoms with E-state index in [1.54, 1.807) is 33.6 Å². The summed E-state index contributed by atoms with van der Waals surface area (Å²) in [7, 11) is 0. The van der Waals surface area contributed by atoms with E-state index in [0.717, 1.165) is 46.5 Å². The van der Waals surface area contributed by atoms with E-state index in [0.29, 0.717) is 24.0 Å². The van der Waals surface area contributed by atoms with E-state index in [1.807, 2.05) is 48.8 Å². The number of hydrogen-bond donors (Lipinski definition) is 0. The number of benzene rings is 3. The summed E-state index contributed by atoms with van der Waals surface area (Å²) in [5, 5.41) is 17.1. The van der Waals surface area contributed by atoms with Crippen LogP contribution in [0.2, 0.25) is 0 Å². The van der Waals surface area contributed by atoms with Crippen molar-refractivity contribution in [2.45, 2.75) is 12.8 Å². The zero-order valence-corrected chi connectivity index (χ0v) is 18.2. The third-order valence-electron chi connectivity index (χ3n) is 5.53. The maximum Gasteiger partial charge on any atom is 0.150 e. The van der Waals surface area contributed by atoms with Gasteiger partial charge < -0.3 is 0 Å². The monoisotopic (exact) mass is 448 g/mol. The van der Waals surface area contributed by atoms with Gasteiger partial charge in [0, 0.05) is 24.0 Å². The Hall–Kier alpha value is -4.72. The molecule has 0 unspecified atom stereocenters. The molecule has 0 N–H and O–H groups in total. The maximum atomic E-state index is 10.9. The van der Waals surface area contributed by atoms with E-state index in [4.69, 9.17) is 0 Å². The van der Waals surface area contributed by atoms with Gasteiger partial charge in [-0.15, -0.1) is 10.2 Å². The van der Waals surface area contributed by atoms with Crippen molar-refractivity contribution >= 4 is 12.6 Å². The van der Waals surface area contributed by atoms with Gasteiger partial charge in [-0.3, -0.25) is 9.59 Å². The summed E-state index contributed by atoms with van der Waals surface area (Å²) in [6.45, 7) is 0. The minimum atomic E-state index is 0.618. The molecule has 34 heavy (non-hydrogen) atoms. The predicted octanol–water partition coefficient (Wildman–Crippen LogP) is 3.65. The summed E-state index contributed by atoms with van der Waals surface area (Å²) in [5.74, 6) is 0. The predicted molar refractivity (Wildman–Crippen MR) is 126 cm³/mol. The molecule has 0 saturated heterocycles. The molecule has 8 heteroatoms. The first-order valence-corrected chi connectivity index (χ1v) is 10.7. The molecule has 0 radical (unpaired) electrons. The van der Waals surface area contributed by atoms with Crippen LogP contribution in [0.5, 0.6) is 0 Å². The van der Waals surface area contributed by atoms with Crippen LogP contribution in [0.4, 0.5) is 0 Å². The van der Waals surface area contributed by atoms with Crippen LogP contribution in [0.15, 0.2) is 85.2 Å². The lowest BCUT2D eigenvalue weighted by Crippen LogP contribution is -1.98. The van der Waals surface area contributed by atoms with Crippen LogP contribution in [-0.4, -0.2) is 42.6 Å². The molecule has 0 aliphatic carbocycles. The summed E-state index contributed by atoms with van der Waals surface area (Å²) in [5.41, 5.74) is 6.87. The molecule has 5 aromatic rings. The van der Waals surface area contributed by atoms with E-state index in [2.05, 4.69) is 32.8 Å². The summed E-state index contributed by atoms with van der Waals surface area (Å²) >= 11 is 0. The first-order valence-electron chi connectivity index (χ1n) is 10.7. The van der Waals surface area contributed by atoms with Crippen molar-refractivity contribution in [2.75, 3.05) is 0 Å². The highest BCUT2D eigenvalue weighted by molar-refractivity contribution is 5.75. The Morgan fingerprint density at radius 2 is 1.00 bits per heavy atom. The Balaban J connectivity index is 1.32. The van der Waals surface area contributed by atoms with E-state index in [1.165, 1.54) is 0 Å². The van der Waals surface area contributed by atoms with Crippen LogP contribution < -0.4 is 0 Å². The van der Waals surface area contributed by atoms with Crippen molar-refractivity contribution in [1.29, 1.82) is 0 Å². The lowest BCUT2D eigenvalue weighted by molar-refractivity contribution is 0.111. The van der Waals surface area contributed by atoms with Gasteiger partial charge in [0.15, 0.2) is 0 Å². The number of hydrogen-bond acceptors (Lipinski definition) is 6. The minimum Gasteiger partial charge on any atom is -0.298 e. The summed E-state index contributed by atoms with van der Waals surface area (Å²) in [6.07, 6.45) is 6.68. The fraction of sp³-hybridized carbons (Fsp3) is 0.0769. The highest BCUT2D eigenvalue weighted by atomic mass is 16.1. The second-order valence-corrected chi connectivity index (χ2v) is 7.85. The van der Waals surface area contributed by atoms with Crippen LogP contribution in [-0.2, 0) is 12.8 Å². The Bertz CT molecular complexity index is 1320. The molecule has 0 bridgehead atoms. The van der Waals surface area contributed by atoms with Gasteiger partial charge in [-0.05, 0) is 59.7 Å². The normalized spacial score (nSPS) is 10.8. The molecule has 0 saturated carbocycles. The number of aldehydes is 2. The van der Waals surface area contributed by atoms with Crippen molar-refractivity contribution in [3.05, 3.63) is 119 Å². The highest BCUT2D eigenvalue weighted by Gasteiger charge is 2.11. The molecule has 0 aliphatic rings. The van der Waals surface area contributed by atoms with Crippen LogP contribution >= 0.6 is 0 Å². The quantitative estimate of drug-likeness (QED) is 0.336. The second-order valence-electron chi connectivity index (χ2n) is 7.85. The molecule has 3 aromatic carbocycles. The third kappa shape index (κ3) is 4.56. The minimum absolute atomic E-state index is 0.618. The molecular weight excluding hydrogens is 428 g/mol. The van der Waals surface area contributed by atoms with E-state index >= 15 is 0 Å². The summed E-state index contributed by atoms with van der Waals surface area (Å²) < 4.78 is 3.40. The molecule has 5 rings (SSSR count). The van der Waals surface area contributed by atoms with Crippen molar-refractivity contribution in [3.8, 4) is 11.4 Å². The van der Waals surface area contributed by atoms with Gasteiger partial charge in [-0.2, -0.15) is 0 Å². The zero-order chi connectivity index (χ0) is 23.3. The fourth-order valence-electron chi connectivity index (χ4n) is 3.72. The third-order valence-corrected chi connectivity index (χ3v) is 5.53. The number of carbonyl (C=O) groups is 2. The van der Waals surface area contributed by atoms with Gasteiger partial charge >= 0.3 is 0 Å². The molecule has 0 aliphatic heterocycles. The molecule has 0 fully saturated rings. The Kier molecular flexibility index (Phi) is 5.85. The Labute approximate surface area is 195 Å². The molecule has 0 atom stereocenters. The van der Waals surface area contributed by atoms with E-state index in [9.17, 15) is 9.59 Å². The average molecular weight is 448 g/mol. The van der Waals surface area contributed by atoms with Crippen molar-refractivity contribution in [3.63, 3.8) is 0 Å². The smallest absolute Gasteiger partial charge is 0.150 e. The molecule has 2 aromatic heterocycles. The number of carbonyl (C=O) groups excluding carboxylic acids is 2. The lowest BCUT2D eigenvalue weighted by atomic mass is 9.99. The van der Waals surface area contributed by atoms with Gasteiger partial charge in [-0.25, -0.2) is 9.36 Å². The standard InChI is InChI=1S/C26H20N6O2/c33-17-19-5-9-25(10-6-19)31-15-23(27-29-31)13-21-3-1-2-4-22(21)14-24-16-32(30-28-24)26-11-7-20(18-34)8-12-26/h1-12,15-18H,13-14H2. The zero-order valence-electron chi connectivity index (χ0n) is 18.2. The van der Waals surface area contributed by atoms with Crippen molar-refractivity contribution < 1.29 is 9.59 Å². The van der Waals surface area contributed by atoms with Crippen LogP contribution in [0.25, 0.3) is 11.4 Å². The second kappa shape index (κ2) is 9.41. The SMILES string of the molecule is O=Cc1ccc(-n2cc(Cc3ccccc3Cc3cn(-c4ccc(C=O)cc4)nn3)nn2)cc1. The molecule has 2 heterocycles. The van der Waals surface area contributed by atoms with E-state index < -0.39 is 0 Å². The van der Waals surface area contributed by atoms with Gasteiger partial charge in [0.2, 0.25) is 0 Å². The van der Waals surface area contributed by atoms with E-state index in [-0.39, 0.29) is 0 Å². The topological polar surface area (TPSA) is 95.6 Å². The number of aromatic nitrogens is 6. The lowest BCUT2D eigenvalue weighted by Gasteiger charge is -2.06. The average Bonchev–Trinajstić information content (AvgIpc) is 3.55. The first-order chi connectivity index (χ1) is 16.7. The Morgan fingerprint density at radius 3 is 1.38 bits per heavy atom. The fourth-order valence-corrected chi connectivity index (χ4v) is 3.72.